The van der Waals surface area contributed by atoms with E-state index in [1.165, 1.54) is 0 Å². The van der Waals surface area contributed by atoms with E-state index in [1.54, 1.807) is 5.06 Å². The molecule has 1 rings (SSSR count). The van der Waals surface area contributed by atoms with Crippen LogP contribution in [0, 0.1) is 0 Å². The quantitative estimate of drug-likeness (QED) is 0.302. The Labute approximate surface area is 156 Å². The lowest BCUT2D eigenvalue weighted by Crippen LogP contribution is -2.29. The van der Waals surface area contributed by atoms with Gasteiger partial charge in [-0.3, -0.25) is 9.39 Å². The summed E-state index contributed by atoms with van der Waals surface area (Å²) < 4.78 is 32.8. The van der Waals surface area contributed by atoms with E-state index < -0.39 is 10.4 Å². The standard InChI is InChI=1S/C14H28N6O.H2O4S/c1-6-9-15-12-17-13(16-10-7-2)19-14(18-12)20(8-3)21-11(4)5;1-5(2,3)4/h11H,6-10H2,1-5H3,(H2,15,16,17,18,19);(H2,1,2,3,4). The van der Waals surface area contributed by atoms with Crippen molar-refractivity contribution in [2.75, 3.05) is 35.3 Å². The Morgan fingerprint density at radius 2 is 1.54 bits per heavy atom. The van der Waals surface area contributed by atoms with Gasteiger partial charge in [0.2, 0.25) is 22.3 Å². The van der Waals surface area contributed by atoms with Crippen molar-refractivity contribution in [3.05, 3.63) is 0 Å². The molecular weight excluding hydrogens is 364 g/mol. The lowest BCUT2D eigenvalue weighted by molar-refractivity contribution is 0.0550. The number of nitrogens with zero attached hydrogens (tertiary/aromatic N) is 4. The van der Waals surface area contributed by atoms with Crippen LogP contribution in [0.25, 0.3) is 0 Å². The predicted octanol–water partition coefficient (Wildman–Crippen LogP) is 1.80. The van der Waals surface area contributed by atoms with E-state index in [1.807, 2.05) is 20.8 Å². The van der Waals surface area contributed by atoms with Gasteiger partial charge in [-0.05, 0) is 33.6 Å². The second-order valence-electron chi connectivity index (χ2n) is 5.41. The molecule has 1 aromatic rings. The molecule has 3 N–H and O–H groups in total. The van der Waals surface area contributed by atoms with E-state index in [4.69, 9.17) is 22.4 Å². The fraction of sp³-hybridized carbons (Fsp3) is 0.786. The Bertz CT molecular complexity index is 586. The van der Waals surface area contributed by atoms with Gasteiger partial charge in [0.25, 0.3) is 5.95 Å². The van der Waals surface area contributed by atoms with Crippen LogP contribution in [0.1, 0.15) is 48.9 Å². The highest BCUT2D eigenvalue weighted by atomic mass is 32.3. The lowest BCUT2D eigenvalue weighted by atomic mass is 10.5. The van der Waals surface area contributed by atoms with Gasteiger partial charge in [-0.25, -0.2) is 13.5 Å². The van der Waals surface area contributed by atoms with Gasteiger partial charge in [0, 0.05) is 19.6 Å². The minimum Gasteiger partial charge on any atom is -0.726 e. The van der Waals surface area contributed by atoms with Crippen LogP contribution in [-0.2, 0) is 15.2 Å². The van der Waals surface area contributed by atoms with Crippen LogP contribution < -0.4 is 15.7 Å². The molecule has 26 heavy (non-hydrogen) atoms. The maximum absolute atomic E-state index is 8.63. The summed E-state index contributed by atoms with van der Waals surface area (Å²) >= 11 is 0. The van der Waals surface area contributed by atoms with E-state index >= 15 is 0 Å². The molecule has 12 heteroatoms. The molecular formula is C14H30N6O5S. The van der Waals surface area contributed by atoms with Crippen LogP contribution in [0.5, 0.6) is 0 Å². The van der Waals surface area contributed by atoms with Crippen LogP contribution in [0.4, 0.5) is 17.8 Å². The Hall–Kier alpha value is -1.76. The average Bonchev–Trinajstić information content (AvgIpc) is 2.54. The van der Waals surface area contributed by atoms with E-state index in [2.05, 4.69) is 39.4 Å². The SMILES string of the molecule is CCCNc1nc(NCCC)nc(N(CC)OC(C)C)n1.O=S(=O)([O-])O.[H+]. The monoisotopic (exact) mass is 394 g/mol. The molecule has 0 aliphatic heterocycles. The third-order valence-corrected chi connectivity index (χ3v) is 2.54. The number of nitrogens with one attached hydrogen (secondary N) is 2. The first kappa shape index (κ1) is 24.2. The molecule has 0 spiro atoms. The highest BCUT2D eigenvalue weighted by Crippen LogP contribution is 2.15. The smallest absolute Gasteiger partial charge is 0.726 e. The van der Waals surface area contributed by atoms with Gasteiger partial charge in [-0.1, -0.05) is 13.8 Å². The summed E-state index contributed by atoms with van der Waals surface area (Å²) in [4.78, 5) is 19.0. The molecule has 1 aromatic heterocycles. The topological polar surface area (TPSA) is 153 Å². The number of aromatic nitrogens is 3. The molecule has 0 aromatic carbocycles. The number of hydrogen-bond acceptors (Lipinski definition) is 10. The maximum Gasteiger partial charge on any atom is 1.00 e. The van der Waals surface area contributed by atoms with Crippen molar-refractivity contribution in [2.24, 2.45) is 0 Å². The minimum absolute atomic E-state index is 0. The molecule has 0 atom stereocenters. The molecule has 0 saturated carbocycles. The third kappa shape index (κ3) is 12.6. The van der Waals surface area contributed by atoms with Crippen molar-refractivity contribution in [3.8, 4) is 0 Å². The van der Waals surface area contributed by atoms with E-state index in [-0.39, 0.29) is 7.53 Å². The van der Waals surface area contributed by atoms with Gasteiger partial charge in [0.15, 0.2) is 0 Å². The Kier molecular flexibility index (Phi) is 11.7. The number of anilines is 3. The van der Waals surface area contributed by atoms with E-state index in [0.29, 0.717) is 24.4 Å². The maximum atomic E-state index is 8.63. The summed E-state index contributed by atoms with van der Waals surface area (Å²) in [7, 11) is -4.92. The van der Waals surface area contributed by atoms with Crippen molar-refractivity contribution in [3.63, 3.8) is 0 Å². The highest BCUT2D eigenvalue weighted by molar-refractivity contribution is 7.79. The zero-order valence-corrected chi connectivity index (χ0v) is 16.7. The van der Waals surface area contributed by atoms with Crippen molar-refractivity contribution in [1.29, 1.82) is 0 Å². The molecule has 1 heterocycles. The van der Waals surface area contributed by atoms with Crippen molar-refractivity contribution >= 4 is 28.2 Å². The van der Waals surface area contributed by atoms with Gasteiger partial charge in [-0.15, -0.1) is 0 Å². The van der Waals surface area contributed by atoms with Gasteiger partial charge >= 0.3 is 1.43 Å². The van der Waals surface area contributed by atoms with E-state index in [0.717, 1.165) is 25.9 Å². The van der Waals surface area contributed by atoms with Crippen molar-refractivity contribution in [2.45, 2.75) is 53.6 Å². The number of rotatable bonds is 10. The number of hydroxylamine groups is 1. The Morgan fingerprint density at radius 3 is 1.85 bits per heavy atom. The molecule has 0 amide bonds. The average molecular weight is 394 g/mol. The molecule has 152 valence electrons. The zero-order chi connectivity index (χ0) is 20.2. The van der Waals surface area contributed by atoms with Crippen LogP contribution in [0.3, 0.4) is 0 Å². The van der Waals surface area contributed by atoms with Crippen LogP contribution in [0.2, 0.25) is 0 Å². The van der Waals surface area contributed by atoms with Crippen molar-refractivity contribution < 1.29 is 23.8 Å². The zero-order valence-electron chi connectivity index (χ0n) is 16.9. The Balaban J connectivity index is 0. The summed E-state index contributed by atoms with van der Waals surface area (Å²) in [6, 6.07) is 0. The highest BCUT2D eigenvalue weighted by Gasteiger charge is 2.14. The largest absolute Gasteiger partial charge is 1.00 e. The predicted molar refractivity (Wildman–Crippen MR) is 100 cm³/mol. The summed E-state index contributed by atoms with van der Waals surface area (Å²) in [5.41, 5.74) is 0. The van der Waals surface area contributed by atoms with Crippen LogP contribution in [0.15, 0.2) is 0 Å². The minimum atomic E-state index is -4.92. The molecule has 0 aliphatic rings. The molecule has 11 nitrogen and oxygen atoms in total. The molecule has 0 unspecified atom stereocenters. The second-order valence-corrected chi connectivity index (χ2v) is 6.27. The Morgan fingerprint density at radius 1 is 1.12 bits per heavy atom. The first-order valence-electron chi connectivity index (χ1n) is 8.47. The van der Waals surface area contributed by atoms with Gasteiger partial charge in [-0.2, -0.15) is 15.0 Å². The summed E-state index contributed by atoms with van der Waals surface area (Å²) in [6.07, 6.45) is 2.10. The lowest BCUT2D eigenvalue weighted by Gasteiger charge is -2.23. The second kappa shape index (κ2) is 12.6. The van der Waals surface area contributed by atoms with Crippen LogP contribution >= 0.6 is 0 Å². The molecule has 0 aliphatic carbocycles. The summed E-state index contributed by atoms with van der Waals surface area (Å²) in [5.74, 6) is 1.68. The fourth-order valence-corrected chi connectivity index (χ4v) is 1.63. The fourth-order valence-electron chi connectivity index (χ4n) is 1.63. The summed E-state index contributed by atoms with van der Waals surface area (Å²) in [6.45, 7) is 12.5. The van der Waals surface area contributed by atoms with Gasteiger partial charge in [0.05, 0.1) is 6.10 Å². The first-order chi connectivity index (χ1) is 12.1. The van der Waals surface area contributed by atoms with Crippen molar-refractivity contribution in [1.82, 2.24) is 15.0 Å². The van der Waals surface area contributed by atoms with E-state index in [9.17, 15) is 0 Å². The first-order valence-corrected chi connectivity index (χ1v) is 9.83. The third-order valence-electron chi connectivity index (χ3n) is 2.54. The molecule has 0 fully saturated rings. The number of hydrogen-bond donors (Lipinski definition) is 3. The summed E-state index contributed by atoms with van der Waals surface area (Å²) in [5, 5.41) is 8.09. The van der Waals surface area contributed by atoms with Gasteiger partial charge < -0.3 is 15.2 Å². The molecule has 0 radical (unpaired) electrons. The van der Waals surface area contributed by atoms with Gasteiger partial charge in [0.1, 0.15) is 0 Å². The molecule has 0 saturated heterocycles. The van der Waals surface area contributed by atoms with Crippen LogP contribution in [-0.4, -0.2) is 58.2 Å². The molecule has 0 bridgehead atoms. The normalized spacial score (nSPS) is 10.9.